The zero-order valence-electron chi connectivity index (χ0n) is 17.4. The first-order chi connectivity index (χ1) is 14.9. The highest BCUT2D eigenvalue weighted by Gasteiger charge is 2.32. The monoisotopic (exact) mass is 463 g/mol. The first kappa shape index (κ1) is 25.4. The number of benzene rings is 1. The molecule has 0 unspecified atom stereocenters. The molecule has 0 bridgehead atoms. The van der Waals surface area contributed by atoms with Crippen LogP contribution in [0.5, 0.6) is 0 Å². The summed E-state index contributed by atoms with van der Waals surface area (Å²) in [5.41, 5.74) is -0.938. The summed E-state index contributed by atoms with van der Waals surface area (Å²) in [4.78, 5) is 17.4. The van der Waals surface area contributed by atoms with Gasteiger partial charge in [-0.05, 0) is 31.0 Å². The second-order valence-corrected chi connectivity index (χ2v) is 7.26. The van der Waals surface area contributed by atoms with Crippen LogP contribution < -0.4 is 4.90 Å². The summed E-state index contributed by atoms with van der Waals surface area (Å²) >= 11 is 0. The molecule has 0 fully saturated rings. The number of amides is 1. The number of alkyl halides is 6. The molecule has 0 spiro atoms. The van der Waals surface area contributed by atoms with Crippen molar-refractivity contribution in [3.8, 4) is 0 Å². The molecule has 11 heteroatoms. The lowest BCUT2D eigenvalue weighted by atomic mass is 10.1. The third-order valence-corrected chi connectivity index (χ3v) is 4.55. The minimum absolute atomic E-state index is 0.0258. The maximum Gasteiger partial charge on any atom is 0.416 e. The molecule has 1 amide bonds. The smallest absolute Gasteiger partial charge is 0.333 e. The molecule has 0 radical (unpaired) electrons. The topological polar surface area (TPSA) is 59.2 Å². The van der Waals surface area contributed by atoms with Crippen molar-refractivity contribution in [1.29, 1.82) is 0 Å². The van der Waals surface area contributed by atoms with Crippen molar-refractivity contribution in [3.63, 3.8) is 0 Å². The largest absolute Gasteiger partial charge is 0.416 e. The molecule has 2 rings (SSSR count). The van der Waals surface area contributed by atoms with E-state index in [2.05, 4.69) is 21.2 Å². The highest BCUT2D eigenvalue weighted by Crippen LogP contribution is 2.32. The molecule has 0 aliphatic rings. The molecule has 176 valence electrons. The van der Waals surface area contributed by atoms with Gasteiger partial charge in [0.25, 0.3) is 11.8 Å². The van der Waals surface area contributed by atoms with Gasteiger partial charge in [0.2, 0.25) is 0 Å². The first-order valence-corrected chi connectivity index (χ1v) is 9.87. The molecule has 0 N–H and O–H groups in total. The van der Waals surface area contributed by atoms with E-state index in [-0.39, 0.29) is 36.5 Å². The van der Waals surface area contributed by atoms with Crippen LogP contribution in [0.4, 0.5) is 32.0 Å². The molecule has 2 aromatic rings. The molecule has 0 saturated carbocycles. The lowest BCUT2D eigenvalue weighted by Crippen LogP contribution is -2.33. The van der Waals surface area contributed by atoms with Crippen LogP contribution in [0.2, 0.25) is 0 Å². The molecule has 0 aliphatic carbocycles. The quantitative estimate of drug-likeness (QED) is 0.238. The Bertz CT molecular complexity index is 921. The Kier molecular flexibility index (Phi) is 8.45. The number of carbonyl (C=O) groups excluding carboxylic acids is 1. The van der Waals surface area contributed by atoms with Crippen molar-refractivity contribution in [3.05, 3.63) is 53.7 Å². The van der Waals surface area contributed by atoms with Crippen LogP contribution in [0.15, 0.2) is 40.9 Å². The Morgan fingerprint density at radius 1 is 1.16 bits per heavy atom. The van der Waals surface area contributed by atoms with Gasteiger partial charge < -0.3 is 9.42 Å². The van der Waals surface area contributed by atoms with Gasteiger partial charge in [0.1, 0.15) is 0 Å². The van der Waals surface area contributed by atoms with Crippen LogP contribution in [0.25, 0.3) is 0 Å². The first-order valence-electron chi connectivity index (χ1n) is 9.87. The van der Waals surface area contributed by atoms with Gasteiger partial charge in [-0.2, -0.15) is 26.9 Å². The number of aromatic nitrogens is 2. The van der Waals surface area contributed by atoms with E-state index in [1.165, 1.54) is 12.1 Å². The SMILES string of the molecule is C=C(CCF)C(=O)N(CCCCCc1noc(C(C)(F)F)n1)c1cccc(C(F)(F)F)c1. The lowest BCUT2D eigenvalue weighted by molar-refractivity contribution is -0.137. The fraction of sp³-hybridized carbons (Fsp3) is 0.476. The van der Waals surface area contributed by atoms with Crippen LogP contribution in [0.3, 0.4) is 0 Å². The van der Waals surface area contributed by atoms with E-state index in [4.69, 9.17) is 0 Å². The van der Waals surface area contributed by atoms with Gasteiger partial charge in [-0.3, -0.25) is 9.18 Å². The minimum atomic E-state index is -4.58. The van der Waals surface area contributed by atoms with Crippen molar-refractivity contribution in [1.82, 2.24) is 10.1 Å². The van der Waals surface area contributed by atoms with Gasteiger partial charge in [-0.25, -0.2) is 0 Å². The predicted molar refractivity (Wildman–Crippen MR) is 105 cm³/mol. The average Bonchev–Trinajstić information content (AvgIpc) is 3.19. The fourth-order valence-electron chi connectivity index (χ4n) is 2.87. The number of anilines is 1. The Labute approximate surface area is 181 Å². The molecular weight excluding hydrogens is 440 g/mol. The number of hydrogen-bond acceptors (Lipinski definition) is 4. The van der Waals surface area contributed by atoms with Crippen molar-refractivity contribution < 1.29 is 35.7 Å². The highest BCUT2D eigenvalue weighted by molar-refractivity contribution is 6.05. The van der Waals surface area contributed by atoms with Crippen LogP contribution in [-0.4, -0.2) is 29.3 Å². The predicted octanol–water partition coefficient (Wildman–Crippen LogP) is 5.86. The number of nitrogens with zero attached hydrogens (tertiary/aromatic N) is 3. The molecule has 32 heavy (non-hydrogen) atoms. The summed E-state index contributed by atoms with van der Waals surface area (Å²) in [6, 6.07) is 4.29. The molecule has 0 atom stereocenters. The van der Waals surface area contributed by atoms with E-state index in [0.717, 1.165) is 17.0 Å². The van der Waals surface area contributed by atoms with Gasteiger partial charge in [-0.1, -0.05) is 24.2 Å². The molecule has 1 heterocycles. The van der Waals surface area contributed by atoms with Gasteiger partial charge in [0, 0.05) is 37.6 Å². The van der Waals surface area contributed by atoms with E-state index in [1.807, 2.05) is 0 Å². The molecular formula is C21H23F6N3O2. The third-order valence-electron chi connectivity index (χ3n) is 4.55. The number of unbranched alkanes of at least 4 members (excludes halogenated alkanes) is 2. The number of carbonyl (C=O) groups is 1. The maximum absolute atomic E-state index is 13.1. The van der Waals surface area contributed by atoms with E-state index in [1.54, 1.807) is 0 Å². The third kappa shape index (κ3) is 7.10. The van der Waals surface area contributed by atoms with Gasteiger partial charge in [0.15, 0.2) is 5.82 Å². The van der Waals surface area contributed by atoms with Crippen molar-refractivity contribution in [2.45, 2.75) is 51.1 Å². The summed E-state index contributed by atoms with van der Waals surface area (Å²) in [7, 11) is 0. The van der Waals surface area contributed by atoms with Crippen LogP contribution >= 0.6 is 0 Å². The number of hydrogen-bond donors (Lipinski definition) is 0. The van der Waals surface area contributed by atoms with Crippen molar-refractivity contribution in [2.75, 3.05) is 18.1 Å². The number of rotatable bonds is 11. The molecule has 5 nitrogen and oxygen atoms in total. The van der Waals surface area contributed by atoms with Crippen LogP contribution in [-0.2, 0) is 23.3 Å². The summed E-state index contributed by atoms with van der Waals surface area (Å²) < 4.78 is 82.6. The van der Waals surface area contributed by atoms with Gasteiger partial charge in [0.05, 0.1) is 12.2 Å². The Morgan fingerprint density at radius 2 is 1.88 bits per heavy atom. The standard InChI is InChI=1S/C21H23F6N3O2/c1-14(10-11-22)18(31)30(16-8-6-7-15(13-16)21(25,26)27)12-5-3-4-9-17-28-19(32-29-17)20(2,23)24/h6-8,13H,1,3-5,9-12H2,2H3. The Balaban J connectivity index is 2.02. The molecule has 1 aromatic heterocycles. The second-order valence-electron chi connectivity index (χ2n) is 7.26. The zero-order chi connectivity index (χ0) is 23.9. The zero-order valence-corrected chi connectivity index (χ0v) is 17.4. The van der Waals surface area contributed by atoms with Crippen LogP contribution in [0, 0.1) is 0 Å². The average molecular weight is 463 g/mol. The van der Waals surface area contributed by atoms with Crippen LogP contribution in [0.1, 0.15) is 49.9 Å². The normalized spacial score (nSPS) is 12.1. The van der Waals surface area contributed by atoms with E-state index < -0.39 is 36.1 Å². The fourth-order valence-corrected chi connectivity index (χ4v) is 2.87. The van der Waals surface area contributed by atoms with Gasteiger partial charge >= 0.3 is 12.1 Å². The van der Waals surface area contributed by atoms with E-state index in [0.29, 0.717) is 26.2 Å². The molecule has 0 aliphatic heterocycles. The molecule has 0 saturated heterocycles. The van der Waals surface area contributed by atoms with Crippen molar-refractivity contribution in [2.24, 2.45) is 0 Å². The Hall–Kier alpha value is -2.85. The van der Waals surface area contributed by atoms with E-state index in [9.17, 15) is 31.1 Å². The summed E-state index contributed by atoms with van der Waals surface area (Å²) in [6.07, 6.45) is -3.18. The minimum Gasteiger partial charge on any atom is -0.333 e. The molecule has 1 aromatic carbocycles. The van der Waals surface area contributed by atoms with Crippen molar-refractivity contribution >= 4 is 11.6 Å². The second kappa shape index (κ2) is 10.6. The number of aryl methyl sites for hydroxylation is 1. The number of halogens is 6. The highest BCUT2D eigenvalue weighted by atomic mass is 19.4. The maximum atomic E-state index is 13.1. The van der Waals surface area contributed by atoms with Gasteiger partial charge in [-0.15, -0.1) is 0 Å². The summed E-state index contributed by atoms with van der Waals surface area (Å²) in [5, 5.41) is 3.48. The van der Waals surface area contributed by atoms with E-state index >= 15 is 0 Å². The lowest BCUT2D eigenvalue weighted by Gasteiger charge is -2.24. The Morgan fingerprint density at radius 3 is 2.47 bits per heavy atom. The summed E-state index contributed by atoms with van der Waals surface area (Å²) in [5.74, 6) is -4.56. The summed E-state index contributed by atoms with van der Waals surface area (Å²) in [6.45, 7) is 3.42.